The summed E-state index contributed by atoms with van der Waals surface area (Å²) in [6.07, 6.45) is 2.42. The van der Waals surface area contributed by atoms with E-state index in [-0.39, 0.29) is 17.8 Å². The second-order valence-electron chi connectivity index (χ2n) is 6.81. The minimum atomic E-state index is -0.278. The first-order valence-electron chi connectivity index (χ1n) is 9.15. The van der Waals surface area contributed by atoms with Crippen molar-refractivity contribution in [3.05, 3.63) is 64.7 Å². The molecule has 0 bridgehead atoms. The van der Waals surface area contributed by atoms with Crippen LogP contribution in [-0.4, -0.2) is 27.7 Å². The maximum absolute atomic E-state index is 13.4. The number of aryl methyl sites for hydroxylation is 2. The van der Waals surface area contributed by atoms with Crippen molar-refractivity contribution < 1.29 is 9.18 Å². The summed E-state index contributed by atoms with van der Waals surface area (Å²) in [5.41, 5.74) is 4.15. The van der Waals surface area contributed by atoms with Gasteiger partial charge in [0.15, 0.2) is 0 Å². The minimum Gasteiger partial charge on any atom is -0.348 e. The fraction of sp³-hybridized carbons (Fsp3) is 0.333. The summed E-state index contributed by atoms with van der Waals surface area (Å²) in [6, 6.07) is 9.92. The number of amides is 1. The predicted molar refractivity (Wildman–Crippen MR) is 110 cm³/mol. The van der Waals surface area contributed by atoms with Crippen LogP contribution in [0.25, 0.3) is 11.0 Å². The second kappa shape index (κ2) is 8.57. The van der Waals surface area contributed by atoms with Crippen LogP contribution < -0.4 is 5.32 Å². The highest BCUT2D eigenvalue weighted by Crippen LogP contribution is 2.20. The molecule has 0 aliphatic heterocycles. The van der Waals surface area contributed by atoms with Crippen molar-refractivity contribution in [1.29, 1.82) is 0 Å². The number of nitrogens with one attached hydrogen (secondary N) is 2. The van der Waals surface area contributed by atoms with E-state index >= 15 is 0 Å². The second-order valence-corrected chi connectivity index (χ2v) is 7.17. The lowest BCUT2D eigenvalue weighted by atomic mass is 10.1. The summed E-state index contributed by atoms with van der Waals surface area (Å²) in [6.45, 7) is 4.06. The minimum absolute atomic E-state index is 0.165. The van der Waals surface area contributed by atoms with Crippen molar-refractivity contribution in [3.8, 4) is 0 Å². The van der Waals surface area contributed by atoms with Gasteiger partial charge in [0.1, 0.15) is 11.6 Å². The van der Waals surface area contributed by atoms with Gasteiger partial charge in [0.2, 0.25) is 0 Å². The van der Waals surface area contributed by atoms with Crippen LogP contribution in [-0.2, 0) is 12.8 Å². The molecule has 3 aromatic rings. The SMILES string of the molecule is CCCc1nc2c(C)cc(C(=O)N[C@@H](CS)Cc3cccc(F)c3)cc2[nH]1. The van der Waals surface area contributed by atoms with E-state index in [0.717, 1.165) is 40.8 Å². The molecule has 0 fully saturated rings. The summed E-state index contributed by atoms with van der Waals surface area (Å²) >= 11 is 4.34. The van der Waals surface area contributed by atoms with Gasteiger partial charge >= 0.3 is 0 Å². The van der Waals surface area contributed by atoms with Crippen LogP contribution in [0.2, 0.25) is 0 Å². The average Bonchev–Trinajstić information content (AvgIpc) is 3.04. The van der Waals surface area contributed by atoms with Crippen LogP contribution in [0.1, 0.15) is 40.7 Å². The Bertz CT molecular complexity index is 954. The molecule has 0 saturated heterocycles. The Morgan fingerprint density at radius 2 is 2.15 bits per heavy atom. The Balaban J connectivity index is 1.77. The molecule has 3 rings (SSSR count). The highest BCUT2D eigenvalue weighted by molar-refractivity contribution is 7.80. The van der Waals surface area contributed by atoms with E-state index in [2.05, 4.69) is 34.8 Å². The lowest BCUT2D eigenvalue weighted by molar-refractivity contribution is 0.0941. The standard InChI is InChI=1S/C21H24FN3OS/c1-3-5-19-24-18-11-15(8-13(2)20(18)25-19)21(26)23-17(12-27)10-14-6-4-7-16(22)9-14/h4,6-9,11,17,27H,3,5,10,12H2,1-2H3,(H,23,26)(H,24,25)/t17-/m1/s1. The van der Waals surface area contributed by atoms with E-state index < -0.39 is 0 Å². The third kappa shape index (κ3) is 4.69. The van der Waals surface area contributed by atoms with Gasteiger partial charge in [0.25, 0.3) is 5.91 Å². The highest BCUT2D eigenvalue weighted by atomic mass is 32.1. The summed E-state index contributed by atoms with van der Waals surface area (Å²) in [5, 5.41) is 3.00. The molecule has 4 nitrogen and oxygen atoms in total. The van der Waals surface area contributed by atoms with Gasteiger partial charge in [-0.15, -0.1) is 0 Å². The fourth-order valence-electron chi connectivity index (χ4n) is 3.21. The van der Waals surface area contributed by atoms with Gasteiger partial charge in [-0.1, -0.05) is 19.1 Å². The molecule has 142 valence electrons. The lowest BCUT2D eigenvalue weighted by Crippen LogP contribution is -2.37. The number of rotatable bonds is 7. The molecule has 1 aromatic heterocycles. The van der Waals surface area contributed by atoms with Crippen molar-refractivity contribution in [2.75, 3.05) is 5.75 Å². The zero-order valence-electron chi connectivity index (χ0n) is 15.6. The normalized spacial score (nSPS) is 12.3. The van der Waals surface area contributed by atoms with Crippen molar-refractivity contribution in [2.24, 2.45) is 0 Å². The topological polar surface area (TPSA) is 57.8 Å². The van der Waals surface area contributed by atoms with Crippen LogP contribution in [0.15, 0.2) is 36.4 Å². The largest absolute Gasteiger partial charge is 0.348 e. The molecule has 2 aromatic carbocycles. The number of carbonyl (C=O) groups is 1. The summed E-state index contributed by atoms with van der Waals surface area (Å²) in [7, 11) is 0. The first-order chi connectivity index (χ1) is 13.0. The van der Waals surface area contributed by atoms with E-state index in [1.807, 2.05) is 25.1 Å². The summed E-state index contributed by atoms with van der Waals surface area (Å²) < 4.78 is 13.4. The molecular formula is C21H24FN3OS. The van der Waals surface area contributed by atoms with Gasteiger partial charge in [-0.05, 0) is 55.2 Å². The number of hydrogen-bond donors (Lipinski definition) is 3. The number of nitrogens with zero attached hydrogens (tertiary/aromatic N) is 1. The predicted octanol–water partition coefficient (Wildman–Crippen LogP) is 4.23. The van der Waals surface area contributed by atoms with Crippen LogP contribution in [0, 0.1) is 12.7 Å². The maximum atomic E-state index is 13.4. The molecule has 1 heterocycles. The molecule has 6 heteroatoms. The number of halogens is 1. The number of fused-ring (bicyclic) bond motifs is 1. The number of benzene rings is 2. The number of thiol groups is 1. The van der Waals surface area contributed by atoms with Gasteiger partial charge in [-0.2, -0.15) is 12.6 Å². The molecule has 0 unspecified atom stereocenters. The number of aromatic amines is 1. The smallest absolute Gasteiger partial charge is 0.251 e. The Hall–Kier alpha value is -2.34. The molecule has 0 aliphatic carbocycles. The monoisotopic (exact) mass is 385 g/mol. The van der Waals surface area contributed by atoms with Gasteiger partial charge in [0.05, 0.1) is 11.0 Å². The molecule has 0 spiro atoms. The Labute approximate surface area is 164 Å². The lowest BCUT2D eigenvalue weighted by Gasteiger charge is -2.17. The average molecular weight is 386 g/mol. The van der Waals surface area contributed by atoms with Gasteiger partial charge < -0.3 is 10.3 Å². The molecular weight excluding hydrogens is 361 g/mol. The molecule has 0 saturated carbocycles. The number of H-pyrrole nitrogens is 1. The van der Waals surface area contributed by atoms with Gasteiger partial charge in [0, 0.05) is 23.8 Å². The first kappa shape index (κ1) is 19.4. The van der Waals surface area contributed by atoms with Gasteiger partial charge in [-0.3, -0.25) is 4.79 Å². The van der Waals surface area contributed by atoms with E-state index in [4.69, 9.17) is 0 Å². The Morgan fingerprint density at radius 3 is 2.85 bits per heavy atom. The van der Waals surface area contributed by atoms with Crippen molar-refractivity contribution >= 4 is 29.6 Å². The molecule has 2 N–H and O–H groups in total. The maximum Gasteiger partial charge on any atom is 0.251 e. The number of carbonyl (C=O) groups excluding carboxylic acids is 1. The molecule has 1 amide bonds. The van der Waals surface area contributed by atoms with Crippen LogP contribution in [0.5, 0.6) is 0 Å². The molecule has 0 radical (unpaired) electrons. The third-order valence-electron chi connectivity index (χ3n) is 4.50. The molecule has 0 aliphatic rings. The van der Waals surface area contributed by atoms with Crippen molar-refractivity contribution in [1.82, 2.24) is 15.3 Å². The van der Waals surface area contributed by atoms with Crippen LogP contribution in [0.3, 0.4) is 0 Å². The highest BCUT2D eigenvalue weighted by Gasteiger charge is 2.16. The summed E-state index contributed by atoms with van der Waals surface area (Å²) in [4.78, 5) is 20.7. The first-order valence-corrected chi connectivity index (χ1v) is 9.78. The zero-order chi connectivity index (χ0) is 19.4. The van der Waals surface area contributed by atoms with Crippen molar-refractivity contribution in [2.45, 2.75) is 39.2 Å². The van der Waals surface area contributed by atoms with Crippen LogP contribution >= 0.6 is 12.6 Å². The van der Waals surface area contributed by atoms with Gasteiger partial charge in [-0.25, -0.2) is 9.37 Å². The molecule has 1 atom stereocenters. The Morgan fingerprint density at radius 1 is 1.33 bits per heavy atom. The summed E-state index contributed by atoms with van der Waals surface area (Å²) in [5.74, 6) is 0.961. The van der Waals surface area contributed by atoms with E-state index in [1.54, 1.807) is 6.07 Å². The fourth-order valence-corrected chi connectivity index (χ4v) is 3.43. The number of hydrogen-bond acceptors (Lipinski definition) is 3. The number of aromatic nitrogens is 2. The van der Waals surface area contributed by atoms with E-state index in [1.165, 1.54) is 12.1 Å². The quantitative estimate of drug-likeness (QED) is 0.533. The van der Waals surface area contributed by atoms with E-state index in [9.17, 15) is 9.18 Å². The van der Waals surface area contributed by atoms with Crippen molar-refractivity contribution in [3.63, 3.8) is 0 Å². The van der Waals surface area contributed by atoms with E-state index in [0.29, 0.717) is 17.7 Å². The zero-order valence-corrected chi connectivity index (χ0v) is 16.4. The number of imidazole rings is 1. The van der Waals surface area contributed by atoms with Crippen LogP contribution in [0.4, 0.5) is 4.39 Å². The third-order valence-corrected chi connectivity index (χ3v) is 4.94. The molecule has 27 heavy (non-hydrogen) atoms. The Kier molecular flexibility index (Phi) is 6.16.